The molecule has 3 aromatic heterocycles. The Morgan fingerprint density at radius 2 is 2.33 bits per heavy atom. The normalized spacial score (nSPS) is 14.8. The first-order chi connectivity index (χ1) is 8.83. The molecule has 0 amide bonds. The Hall–Kier alpha value is -2.36. The van der Waals surface area contributed by atoms with Crippen molar-refractivity contribution in [3.8, 4) is 0 Å². The number of aromatic amines is 1. The van der Waals surface area contributed by atoms with Gasteiger partial charge in [-0.15, -0.1) is 0 Å². The second-order valence-electron chi connectivity index (χ2n) is 4.60. The van der Waals surface area contributed by atoms with Gasteiger partial charge in [0, 0.05) is 30.2 Å². The lowest BCUT2D eigenvalue weighted by atomic mass is 10.1. The van der Waals surface area contributed by atoms with Crippen molar-refractivity contribution in [3.63, 3.8) is 0 Å². The number of H-pyrrole nitrogens is 1. The third-order valence-corrected chi connectivity index (χ3v) is 3.45. The minimum Gasteiger partial charge on any atom is -0.305 e. The Kier molecular flexibility index (Phi) is 1.78. The van der Waals surface area contributed by atoms with Gasteiger partial charge in [-0.3, -0.25) is 4.68 Å². The molecule has 18 heavy (non-hydrogen) atoms. The van der Waals surface area contributed by atoms with Crippen molar-refractivity contribution in [2.24, 2.45) is 7.05 Å². The van der Waals surface area contributed by atoms with Crippen molar-refractivity contribution in [1.82, 2.24) is 19.7 Å². The Morgan fingerprint density at radius 3 is 3.17 bits per heavy atom. The Morgan fingerprint density at radius 1 is 1.39 bits per heavy atom. The molecule has 0 unspecified atom stereocenters. The van der Waals surface area contributed by atoms with Gasteiger partial charge >= 0.3 is 0 Å². The summed E-state index contributed by atoms with van der Waals surface area (Å²) in [5.41, 5.74) is 4.28. The van der Waals surface area contributed by atoms with Crippen LogP contribution in [0.25, 0.3) is 27.5 Å². The number of fused-ring (bicyclic) bond motifs is 3. The molecule has 0 bridgehead atoms. The molecule has 4 rings (SSSR count). The summed E-state index contributed by atoms with van der Waals surface area (Å²) in [6.45, 7) is 0. The van der Waals surface area contributed by atoms with Gasteiger partial charge in [0.05, 0.1) is 11.2 Å². The summed E-state index contributed by atoms with van der Waals surface area (Å²) in [7, 11) is 2.00. The first kappa shape index (κ1) is 9.65. The van der Waals surface area contributed by atoms with Crippen LogP contribution in [0, 0.1) is 0 Å². The van der Waals surface area contributed by atoms with Crippen LogP contribution >= 0.6 is 0 Å². The van der Waals surface area contributed by atoms with Gasteiger partial charge in [-0.25, -0.2) is 9.97 Å². The van der Waals surface area contributed by atoms with E-state index < -0.39 is 0 Å². The number of hydrogen-bond acceptors (Lipinski definition) is 2. The van der Waals surface area contributed by atoms with Crippen molar-refractivity contribution < 1.29 is 0 Å². The van der Waals surface area contributed by atoms with Crippen molar-refractivity contribution in [3.05, 3.63) is 42.4 Å². The van der Waals surface area contributed by atoms with E-state index in [-0.39, 0.29) is 0 Å². The van der Waals surface area contributed by atoms with Crippen molar-refractivity contribution >= 4 is 27.5 Å². The number of allylic oxidation sites excluding steroid dienone is 4. The van der Waals surface area contributed by atoms with Crippen LogP contribution in [0.5, 0.6) is 0 Å². The number of hydrogen-bond donors (Lipinski definition) is 1. The lowest BCUT2D eigenvalue weighted by molar-refractivity contribution is 0.799. The summed E-state index contributed by atoms with van der Waals surface area (Å²) in [5, 5.41) is 5.39. The standard InChI is InChI=1S/C14H12N4/c1-18-13-10(8-16-18)7-15-14-11(13)6-12(17-14)9-4-2-3-5-9/h2-4,6-8,16H,5H2,1H3. The van der Waals surface area contributed by atoms with Crippen LogP contribution in [0.4, 0.5) is 0 Å². The highest BCUT2D eigenvalue weighted by Gasteiger charge is 2.13. The molecule has 3 aromatic rings. The molecular weight excluding hydrogens is 224 g/mol. The Bertz CT molecular complexity index is 817. The fraction of sp³-hybridized carbons (Fsp3) is 0.143. The molecule has 88 valence electrons. The van der Waals surface area contributed by atoms with Crippen molar-refractivity contribution in [2.45, 2.75) is 6.42 Å². The largest absolute Gasteiger partial charge is 0.305 e. The first-order valence-corrected chi connectivity index (χ1v) is 5.98. The molecule has 0 atom stereocenters. The fourth-order valence-corrected chi connectivity index (χ4v) is 2.54. The van der Waals surface area contributed by atoms with E-state index in [1.54, 1.807) is 0 Å². The van der Waals surface area contributed by atoms with Crippen LogP contribution < -0.4 is 0 Å². The minimum atomic E-state index is 0.820. The number of pyridine rings is 1. The first-order valence-electron chi connectivity index (χ1n) is 5.98. The van der Waals surface area contributed by atoms with E-state index >= 15 is 0 Å². The number of rotatable bonds is 1. The van der Waals surface area contributed by atoms with E-state index in [0.717, 1.165) is 34.1 Å². The predicted octanol–water partition coefficient (Wildman–Crippen LogP) is 2.79. The van der Waals surface area contributed by atoms with Gasteiger partial charge in [-0.2, -0.15) is 0 Å². The molecule has 4 nitrogen and oxygen atoms in total. The zero-order valence-corrected chi connectivity index (χ0v) is 10.0. The molecule has 0 radical (unpaired) electrons. The van der Waals surface area contributed by atoms with E-state index in [4.69, 9.17) is 0 Å². The number of nitrogens with zero attached hydrogens (tertiary/aromatic N) is 3. The molecule has 4 heteroatoms. The van der Waals surface area contributed by atoms with E-state index in [0.29, 0.717) is 0 Å². The lowest BCUT2D eigenvalue weighted by Gasteiger charge is -1.95. The molecule has 0 saturated carbocycles. The zero-order chi connectivity index (χ0) is 12.1. The average molecular weight is 236 g/mol. The summed E-state index contributed by atoms with van der Waals surface area (Å²) in [5.74, 6) is 0. The monoisotopic (exact) mass is 236 g/mol. The minimum absolute atomic E-state index is 0.820. The van der Waals surface area contributed by atoms with Crippen LogP contribution in [0.15, 0.2) is 36.7 Å². The average Bonchev–Trinajstić information content (AvgIpc) is 3.05. The molecule has 0 fully saturated rings. The molecule has 3 heterocycles. The van der Waals surface area contributed by atoms with Gasteiger partial charge in [0.1, 0.15) is 0 Å². The molecular formula is C14H12N4. The second-order valence-corrected chi connectivity index (χ2v) is 4.60. The fourth-order valence-electron chi connectivity index (χ4n) is 2.54. The molecule has 0 aromatic carbocycles. The summed E-state index contributed by atoms with van der Waals surface area (Å²) >= 11 is 0. The highest BCUT2D eigenvalue weighted by atomic mass is 15.2. The third kappa shape index (κ3) is 1.20. The van der Waals surface area contributed by atoms with Gasteiger partial charge < -0.3 is 5.10 Å². The number of aryl methyl sites for hydroxylation is 1. The van der Waals surface area contributed by atoms with Gasteiger partial charge in [0.25, 0.3) is 0 Å². The number of aromatic nitrogens is 4. The Labute approximate surface area is 104 Å². The topological polar surface area (TPSA) is 46.5 Å². The van der Waals surface area contributed by atoms with E-state index in [9.17, 15) is 0 Å². The van der Waals surface area contributed by atoms with Crippen LogP contribution in [0.1, 0.15) is 12.1 Å². The van der Waals surface area contributed by atoms with Gasteiger partial charge in [-0.1, -0.05) is 18.2 Å². The molecule has 0 saturated heterocycles. The Balaban J connectivity index is 2.04. The highest BCUT2D eigenvalue weighted by molar-refractivity contribution is 6.03. The van der Waals surface area contributed by atoms with Crippen molar-refractivity contribution in [1.29, 1.82) is 0 Å². The quantitative estimate of drug-likeness (QED) is 0.706. The highest BCUT2D eigenvalue weighted by Crippen LogP contribution is 2.29. The SMILES string of the molecule is Cn1[nH]cc2cnc3nc(C4=CC=CC4)cc3c21. The van der Waals surface area contributed by atoms with E-state index in [2.05, 4.69) is 39.4 Å². The maximum Gasteiger partial charge on any atom is 0.162 e. The second kappa shape index (κ2) is 3.32. The summed E-state index contributed by atoms with van der Waals surface area (Å²) in [6, 6.07) is 2.14. The van der Waals surface area contributed by atoms with Crippen molar-refractivity contribution in [2.75, 3.05) is 0 Å². The number of nitrogens with one attached hydrogen (secondary N) is 1. The predicted molar refractivity (Wildman–Crippen MR) is 72.1 cm³/mol. The zero-order valence-electron chi connectivity index (χ0n) is 10.0. The smallest absolute Gasteiger partial charge is 0.162 e. The molecule has 0 aliphatic heterocycles. The molecule has 1 aliphatic carbocycles. The van der Waals surface area contributed by atoms with Crippen LogP contribution in [-0.4, -0.2) is 19.7 Å². The summed E-state index contributed by atoms with van der Waals surface area (Å²) in [4.78, 5) is 9.04. The molecule has 1 N–H and O–H groups in total. The summed E-state index contributed by atoms with van der Waals surface area (Å²) in [6.07, 6.45) is 11.1. The molecule has 0 spiro atoms. The van der Waals surface area contributed by atoms with Gasteiger partial charge in [0.2, 0.25) is 0 Å². The van der Waals surface area contributed by atoms with Crippen LogP contribution in [0.2, 0.25) is 0 Å². The lowest BCUT2D eigenvalue weighted by Crippen LogP contribution is -1.89. The van der Waals surface area contributed by atoms with Gasteiger partial charge in [-0.05, 0) is 18.1 Å². The van der Waals surface area contributed by atoms with E-state index in [1.165, 1.54) is 5.57 Å². The van der Waals surface area contributed by atoms with Crippen LogP contribution in [-0.2, 0) is 7.05 Å². The maximum atomic E-state index is 4.62. The molecule has 1 aliphatic rings. The third-order valence-electron chi connectivity index (χ3n) is 3.45. The maximum absolute atomic E-state index is 4.62. The van der Waals surface area contributed by atoms with E-state index in [1.807, 2.05) is 24.1 Å². The van der Waals surface area contributed by atoms with Gasteiger partial charge in [0.15, 0.2) is 5.65 Å². The van der Waals surface area contributed by atoms with Crippen LogP contribution in [0.3, 0.4) is 0 Å². The summed E-state index contributed by atoms with van der Waals surface area (Å²) < 4.78 is 2.01.